The molecule has 0 radical (unpaired) electrons. The summed E-state index contributed by atoms with van der Waals surface area (Å²) in [7, 11) is 0. The fraction of sp³-hybridized carbons (Fsp3) is 0.133. The van der Waals surface area contributed by atoms with E-state index in [4.69, 9.17) is 5.26 Å². The van der Waals surface area contributed by atoms with Gasteiger partial charge in [-0.15, -0.1) is 0 Å². The first kappa shape index (κ1) is 14.4. The summed E-state index contributed by atoms with van der Waals surface area (Å²) in [6.45, 7) is 1.85. The van der Waals surface area contributed by atoms with E-state index in [0.29, 0.717) is 16.8 Å². The molecule has 1 atom stereocenters. The molecular formula is C15H11N4O2S-. The Labute approximate surface area is 129 Å². The maximum atomic E-state index is 10.8. The van der Waals surface area contributed by atoms with Crippen LogP contribution in [0, 0.1) is 18.3 Å². The van der Waals surface area contributed by atoms with Gasteiger partial charge in [-0.1, -0.05) is 23.2 Å². The smallest absolute Gasteiger partial charge is 0.172 e. The van der Waals surface area contributed by atoms with Crippen molar-refractivity contribution in [2.75, 3.05) is 0 Å². The first-order valence-electron chi connectivity index (χ1n) is 6.49. The molecule has 0 spiro atoms. The Morgan fingerprint density at radius 1 is 1.41 bits per heavy atom. The summed E-state index contributed by atoms with van der Waals surface area (Å²) < 4.78 is 21.7. The van der Waals surface area contributed by atoms with Gasteiger partial charge in [-0.05, 0) is 30.2 Å². The molecule has 0 aliphatic heterocycles. The molecule has 0 fully saturated rings. The van der Waals surface area contributed by atoms with Gasteiger partial charge in [0.05, 0.1) is 16.6 Å². The molecule has 0 saturated heterocycles. The molecule has 6 nitrogen and oxygen atoms in total. The Kier molecular flexibility index (Phi) is 3.71. The molecule has 0 saturated carbocycles. The van der Waals surface area contributed by atoms with Crippen LogP contribution < -0.4 is 0 Å². The minimum absolute atomic E-state index is 0.0150. The normalized spacial score (nSPS) is 12.2. The van der Waals surface area contributed by atoms with Crippen LogP contribution in [0.2, 0.25) is 0 Å². The highest BCUT2D eigenvalue weighted by molar-refractivity contribution is 7.78. The highest BCUT2D eigenvalue weighted by Gasteiger charge is 2.13. The van der Waals surface area contributed by atoms with Crippen molar-refractivity contribution in [1.29, 1.82) is 5.26 Å². The fourth-order valence-corrected chi connectivity index (χ4v) is 2.98. The largest absolute Gasteiger partial charge is 0.772 e. The number of H-pyrrole nitrogens is 1. The molecule has 1 unspecified atom stereocenters. The Morgan fingerprint density at radius 2 is 2.23 bits per heavy atom. The van der Waals surface area contributed by atoms with Crippen molar-refractivity contribution < 1.29 is 8.76 Å². The van der Waals surface area contributed by atoms with Crippen molar-refractivity contribution in [2.45, 2.75) is 12.7 Å². The van der Waals surface area contributed by atoms with E-state index < -0.39 is 11.1 Å². The van der Waals surface area contributed by atoms with Crippen LogP contribution in [-0.4, -0.2) is 23.9 Å². The van der Waals surface area contributed by atoms with E-state index in [2.05, 4.69) is 15.2 Å². The Morgan fingerprint density at radius 3 is 2.91 bits per heavy atom. The molecule has 1 N–H and O–H groups in total. The standard InChI is InChI=1S/C15H12N4O2S/c1-9-6-10(2-3-11(9)8-22(20)21)15-14-12(4-5-17-15)18-19-13(14)7-16/h2-6H,8H2,1H3,(H,18,19)(H,20,21)/p-1. The first-order valence-corrected chi connectivity index (χ1v) is 7.73. The van der Waals surface area contributed by atoms with Gasteiger partial charge in [0.15, 0.2) is 5.69 Å². The predicted molar refractivity (Wildman–Crippen MR) is 81.4 cm³/mol. The van der Waals surface area contributed by atoms with E-state index in [1.165, 1.54) is 0 Å². The van der Waals surface area contributed by atoms with Gasteiger partial charge >= 0.3 is 0 Å². The van der Waals surface area contributed by atoms with Crippen molar-refractivity contribution in [3.63, 3.8) is 0 Å². The summed E-state index contributed by atoms with van der Waals surface area (Å²) in [6, 6.07) is 9.26. The summed E-state index contributed by atoms with van der Waals surface area (Å²) in [5.74, 6) is -0.0150. The summed E-state index contributed by atoms with van der Waals surface area (Å²) in [6.07, 6.45) is 1.65. The molecular weight excluding hydrogens is 300 g/mol. The van der Waals surface area contributed by atoms with Gasteiger partial charge in [-0.25, -0.2) is 0 Å². The molecule has 0 aliphatic carbocycles. The van der Waals surface area contributed by atoms with Crippen molar-refractivity contribution in [3.8, 4) is 17.3 Å². The Hall–Kier alpha value is -2.56. The van der Waals surface area contributed by atoms with E-state index in [1.807, 2.05) is 25.1 Å². The average molecular weight is 311 g/mol. The number of nitrogens with zero attached hydrogens (tertiary/aromatic N) is 3. The molecule has 1 aromatic carbocycles. The predicted octanol–water partition coefficient (Wildman–Crippen LogP) is 2.18. The fourth-order valence-electron chi connectivity index (χ4n) is 2.40. The van der Waals surface area contributed by atoms with E-state index in [0.717, 1.165) is 22.2 Å². The van der Waals surface area contributed by atoms with Gasteiger partial charge in [0.25, 0.3) is 0 Å². The lowest BCUT2D eigenvalue weighted by Crippen LogP contribution is -1.97. The van der Waals surface area contributed by atoms with Crippen LogP contribution in [0.3, 0.4) is 0 Å². The lowest BCUT2D eigenvalue weighted by atomic mass is 10.0. The minimum atomic E-state index is -2.12. The van der Waals surface area contributed by atoms with Gasteiger partial charge in [0.2, 0.25) is 0 Å². The van der Waals surface area contributed by atoms with Crippen LogP contribution in [0.5, 0.6) is 0 Å². The minimum Gasteiger partial charge on any atom is -0.772 e. The molecule has 110 valence electrons. The highest BCUT2D eigenvalue weighted by Crippen LogP contribution is 2.29. The third-order valence-electron chi connectivity index (χ3n) is 3.47. The number of nitrogens with one attached hydrogen (secondary N) is 1. The quantitative estimate of drug-likeness (QED) is 0.746. The third kappa shape index (κ3) is 2.50. The summed E-state index contributed by atoms with van der Waals surface area (Å²) in [4.78, 5) is 4.36. The second kappa shape index (κ2) is 5.67. The zero-order valence-corrected chi connectivity index (χ0v) is 12.5. The maximum Gasteiger partial charge on any atom is 0.172 e. The number of pyridine rings is 1. The molecule has 3 rings (SSSR count). The molecule has 0 bridgehead atoms. The number of rotatable bonds is 3. The molecule has 7 heteroatoms. The van der Waals surface area contributed by atoms with Crippen LogP contribution in [0.25, 0.3) is 22.2 Å². The lowest BCUT2D eigenvalue weighted by Gasteiger charge is -2.10. The molecule has 0 amide bonds. The van der Waals surface area contributed by atoms with Crippen LogP contribution in [0.1, 0.15) is 16.8 Å². The van der Waals surface area contributed by atoms with Crippen LogP contribution >= 0.6 is 0 Å². The van der Waals surface area contributed by atoms with Crippen molar-refractivity contribution in [1.82, 2.24) is 15.2 Å². The van der Waals surface area contributed by atoms with Crippen LogP contribution in [-0.2, 0) is 16.8 Å². The number of aromatic nitrogens is 3. The van der Waals surface area contributed by atoms with Gasteiger partial charge in [0, 0.05) is 17.5 Å². The number of hydrogen-bond acceptors (Lipinski definition) is 5. The molecule has 2 heterocycles. The Bertz CT molecular complexity index is 927. The van der Waals surface area contributed by atoms with E-state index >= 15 is 0 Å². The molecule has 0 aliphatic rings. The van der Waals surface area contributed by atoms with Crippen molar-refractivity contribution in [3.05, 3.63) is 47.3 Å². The van der Waals surface area contributed by atoms with Gasteiger partial charge in [-0.2, -0.15) is 10.4 Å². The summed E-state index contributed by atoms with van der Waals surface area (Å²) in [5.41, 5.74) is 4.12. The van der Waals surface area contributed by atoms with E-state index in [-0.39, 0.29) is 5.75 Å². The van der Waals surface area contributed by atoms with Crippen molar-refractivity contribution in [2.24, 2.45) is 0 Å². The number of benzene rings is 1. The van der Waals surface area contributed by atoms with Gasteiger partial charge in [0.1, 0.15) is 6.07 Å². The SMILES string of the molecule is Cc1cc(-c2nccc3[nH]nc(C#N)c23)ccc1CS(=O)[O-]. The summed E-state index contributed by atoms with van der Waals surface area (Å²) >= 11 is -2.12. The van der Waals surface area contributed by atoms with Gasteiger partial charge in [-0.3, -0.25) is 14.3 Å². The zero-order valence-electron chi connectivity index (χ0n) is 11.7. The number of aromatic amines is 1. The third-order valence-corrected chi connectivity index (χ3v) is 4.02. The number of hydrogen-bond donors (Lipinski definition) is 1. The first-order chi connectivity index (χ1) is 10.6. The summed E-state index contributed by atoms with van der Waals surface area (Å²) in [5, 5.41) is 16.6. The average Bonchev–Trinajstić information content (AvgIpc) is 2.92. The topological polar surface area (TPSA) is 105 Å². The number of fused-ring (bicyclic) bond motifs is 1. The van der Waals surface area contributed by atoms with E-state index in [9.17, 15) is 8.76 Å². The van der Waals surface area contributed by atoms with Crippen LogP contribution in [0.15, 0.2) is 30.5 Å². The maximum absolute atomic E-state index is 10.8. The Balaban J connectivity index is 2.16. The monoisotopic (exact) mass is 311 g/mol. The molecule has 3 aromatic rings. The lowest BCUT2D eigenvalue weighted by molar-refractivity contribution is 0.536. The number of aryl methyl sites for hydroxylation is 1. The zero-order chi connectivity index (χ0) is 15.7. The number of nitriles is 1. The highest BCUT2D eigenvalue weighted by atomic mass is 32.2. The van der Waals surface area contributed by atoms with E-state index in [1.54, 1.807) is 18.3 Å². The second-order valence-corrected chi connectivity index (χ2v) is 5.75. The second-order valence-electron chi connectivity index (χ2n) is 4.86. The van der Waals surface area contributed by atoms with Gasteiger partial charge < -0.3 is 4.55 Å². The van der Waals surface area contributed by atoms with Crippen LogP contribution in [0.4, 0.5) is 0 Å². The molecule has 2 aromatic heterocycles. The van der Waals surface area contributed by atoms with Crippen molar-refractivity contribution >= 4 is 22.0 Å². The molecule has 22 heavy (non-hydrogen) atoms.